The van der Waals surface area contributed by atoms with Gasteiger partial charge in [0.15, 0.2) is 0 Å². The molecule has 0 aromatic heterocycles. The largest absolute Gasteiger partial charge is 0.389 e. The molecule has 106 valence electrons. The maximum absolute atomic E-state index is 12.6. The highest BCUT2D eigenvalue weighted by molar-refractivity contribution is 7.89. The molecule has 1 atom stereocenters. The molecule has 1 saturated heterocycles. The molecule has 1 aromatic rings. The molecule has 0 saturated carbocycles. The predicted octanol–water partition coefficient (Wildman–Crippen LogP) is 0.599. The first-order valence-electron chi connectivity index (χ1n) is 6.28. The van der Waals surface area contributed by atoms with Crippen molar-refractivity contribution in [1.29, 1.82) is 0 Å². The normalized spacial score (nSPS) is 24.8. The lowest BCUT2D eigenvalue weighted by Gasteiger charge is -2.20. The van der Waals surface area contributed by atoms with Crippen LogP contribution in [0, 0.1) is 6.92 Å². The Balaban J connectivity index is 2.40. The lowest BCUT2D eigenvalue weighted by Crippen LogP contribution is -2.34. The fourth-order valence-corrected chi connectivity index (χ4v) is 4.13. The average Bonchev–Trinajstić information content (AvgIpc) is 2.71. The second kappa shape index (κ2) is 4.86. The van der Waals surface area contributed by atoms with E-state index in [1.54, 1.807) is 26.0 Å². The number of sulfonamides is 1. The van der Waals surface area contributed by atoms with Crippen LogP contribution in [0.1, 0.15) is 24.5 Å². The van der Waals surface area contributed by atoms with Crippen LogP contribution in [0.15, 0.2) is 23.1 Å². The molecule has 19 heavy (non-hydrogen) atoms. The van der Waals surface area contributed by atoms with E-state index >= 15 is 0 Å². The van der Waals surface area contributed by atoms with Crippen molar-refractivity contribution >= 4 is 10.0 Å². The minimum Gasteiger partial charge on any atom is -0.389 e. The Morgan fingerprint density at radius 1 is 1.47 bits per heavy atom. The van der Waals surface area contributed by atoms with E-state index in [4.69, 9.17) is 5.73 Å². The topological polar surface area (TPSA) is 83.6 Å². The summed E-state index contributed by atoms with van der Waals surface area (Å²) in [5, 5.41) is 9.92. The van der Waals surface area contributed by atoms with Gasteiger partial charge in [-0.3, -0.25) is 0 Å². The number of hydrogen-bond acceptors (Lipinski definition) is 4. The third kappa shape index (κ3) is 2.81. The van der Waals surface area contributed by atoms with Gasteiger partial charge in [0.2, 0.25) is 10.0 Å². The smallest absolute Gasteiger partial charge is 0.243 e. The Morgan fingerprint density at radius 3 is 2.68 bits per heavy atom. The number of benzene rings is 1. The van der Waals surface area contributed by atoms with E-state index in [1.807, 2.05) is 6.07 Å². The van der Waals surface area contributed by atoms with Crippen molar-refractivity contribution in [3.63, 3.8) is 0 Å². The molecule has 0 spiro atoms. The zero-order valence-electron chi connectivity index (χ0n) is 11.3. The fourth-order valence-electron chi connectivity index (χ4n) is 2.30. The monoisotopic (exact) mass is 284 g/mol. The van der Waals surface area contributed by atoms with Gasteiger partial charge in [-0.15, -0.1) is 0 Å². The summed E-state index contributed by atoms with van der Waals surface area (Å²) < 4.78 is 26.5. The van der Waals surface area contributed by atoms with Gasteiger partial charge in [-0.25, -0.2) is 8.42 Å². The SMILES string of the molecule is Cc1ccc(CN)cc1S(=O)(=O)N1CCC(C)(O)C1. The van der Waals surface area contributed by atoms with Crippen LogP contribution in [0.2, 0.25) is 0 Å². The Kier molecular flexibility index (Phi) is 3.70. The van der Waals surface area contributed by atoms with Gasteiger partial charge in [-0.2, -0.15) is 4.31 Å². The molecule has 6 heteroatoms. The molecule has 1 aromatic carbocycles. The molecule has 5 nitrogen and oxygen atoms in total. The Hall–Kier alpha value is -0.950. The quantitative estimate of drug-likeness (QED) is 0.851. The van der Waals surface area contributed by atoms with Gasteiger partial charge in [0.05, 0.1) is 10.5 Å². The first-order chi connectivity index (χ1) is 8.76. The highest BCUT2D eigenvalue weighted by atomic mass is 32.2. The molecule has 0 radical (unpaired) electrons. The second-order valence-electron chi connectivity index (χ2n) is 5.39. The molecule has 1 aliphatic heterocycles. The van der Waals surface area contributed by atoms with Gasteiger partial charge in [0.1, 0.15) is 0 Å². The first-order valence-corrected chi connectivity index (χ1v) is 7.72. The zero-order valence-corrected chi connectivity index (χ0v) is 12.1. The first kappa shape index (κ1) is 14.5. The standard InChI is InChI=1S/C13H20N2O3S/c1-10-3-4-11(8-14)7-12(10)19(17,18)15-6-5-13(2,16)9-15/h3-4,7,16H,5-6,8-9,14H2,1-2H3. The van der Waals surface area contributed by atoms with Crippen LogP contribution in [0.25, 0.3) is 0 Å². The van der Waals surface area contributed by atoms with E-state index in [0.29, 0.717) is 25.1 Å². The van der Waals surface area contributed by atoms with E-state index in [1.165, 1.54) is 4.31 Å². The Bertz CT molecular complexity index is 582. The van der Waals surface area contributed by atoms with Crippen LogP contribution in [0.4, 0.5) is 0 Å². The second-order valence-corrected chi connectivity index (χ2v) is 7.30. The van der Waals surface area contributed by atoms with Crippen molar-refractivity contribution in [3.05, 3.63) is 29.3 Å². The Labute approximate surface area is 114 Å². The third-order valence-electron chi connectivity index (χ3n) is 3.52. The highest BCUT2D eigenvalue weighted by Crippen LogP contribution is 2.28. The maximum Gasteiger partial charge on any atom is 0.243 e. The van der Waals surface area contributed by atoms with E-state index in [0.717, 1.165) is 5.56 Å². The number of aliphatic hydroxyl groups is 1. The van der Waals surface area contributed by atoms with E-state index < -0.39 is 15.6 Å². The molecule has 0 bridgehead atoms. The van der Waals surface area contributed by atoms with Gasteiger partial charge in [-0.05, 0) is 37.5 Å². The zero-order chi connectivity index (χ0) is 14.3. The number of aryl methyl sites for hydroxylation is 1. The summed E-state index contributed by atoms with van der Waals surface area (Å²) in [5.74, 6) is 0. The predicted molar refractivity (Wildman–Crippen MR) is 73.1 cm³/mol. The molecule has 1 aliphatic rings. The van der Waals surface area contributed by atoms with Crippen molar-refractivity contribution in [2.24, 2.45) is 5.73 Å². The summed E-state index contributed by atoms with van der Waals surface area (Å²) in [6, 6.07) is 5.22. The molecule has 3 N–H and O–H groups in total. The summed E-state index contributed by atoms with van der Waals surface area (Å²) in [7, 11) is -3.56. The fraction of sp³-hybridized carbons (Fsp3) is 0.538. The molecule has 1 heterocycles. The highest BCUT2D eigenvalue weighted by Gasteiger charge is 2.38. The summed E-state index contributed by atoms with van der Waals surface area (Å²) in [5.41, 5.74) is 6.11. The van der Waals surface area contributed by atoms with Crippen molar-refractivity contribution in [1.82, 2.24) is 4.31 Å². The van der Waals surface area contributed by atoms with Gasteiger partial charge >= 0.3 is 0 Å². The summed E-state index contributed by atoms with van der Waals surface area (Å²) in [4.78, 5) is 0.285. The van der Waals surface area contributed by atoms with Crippen LogP contribution in [0.3, 0.4) is 0 Å². The summed E-state index contributed by atoms with van der Waals surface area (Å²) in [6.07, 6.45) is 0.460. The molecule has 1 fully saturated rings. The number of rotatable bonds is 3. The lowest BCUT2D eigenvalue weighted by molar-refractivity contribution is 0.0762. The molecule has 0 aliphatic carbocycles. The number of β-amino-alcohol motifs (C(OH)–C–C–N with tert-alkyl or cyclic N) is 1. The minimum absolute atomic E-state index is 0.141. The molecule has 0 amide bonds. The Morgan fingerprint density at radius 2 is 2.16 bits per heavy atom. The van der Waals surface area contributed by atoms with Crippen molar-refractivity contribution in [2.75, 3.05) is 13.1 Å². The third-order valence-corrected chi connectivity index (χ3v) is 5.51. The molecular formula is C13H20N2O3S. The molecule has 1 unspecified atom stereocenters. The minimum atomic E-state index is -3.56. The van der Waals surface area contributed by atoms with Gasteiger partial charge in [-0.1, -0.05) is 12.1 Å². The van der Waals surface area contributed by atoms with E-state index in [2.05, 4.69) is 0 Å². The van der Waals surface area contributed by atoms with Gasteiger partial charge < -0.3 is 10.8 Å². The van der Waals surface area contributed by atoms with E-state index in [-0.39, 0.29) is 11.4 Å². The number of hydrogen-bond donors (Lipinski definition) is 2. The lowest BCUT2D eigenvalue weighted by atomic mass is 10.1. The average molecular weight is 284 g/mol. The van der Waals surface area contributed by atoms with Crippen LogP contribution in [-0.2, 0) is 16.6 Å². The van der Waals surface area contributed by atoms with Gasteiger partial charge in [0, 0.05) is 19.6 Å². The van der Waals surface area contributed by atoms with Gasteiger partial charge in [0.25, 0.3) is 0 Å². The number of nitrogens with zero attached hydrogens (tertiary/aromatic N) is 1. The van der Waals surface area contributed by atoms with Crippen LogP contribution in [0.5, 0.6) is 0 Å². The van der Waals surface area contributed by atoms with Crippen molar-refractivity contribution in [3.8, 4) is 0 Å². The number of nitrogens with two attached hydrogens (primary N) is 1. The molecular weight excluding hydrogens is 264 g/mol. The van der Waals surface area contributed by atoms with Crippen molar-refractivity contribution < 1.29 is 13.5 Å². The maximum atomic E-state index is 12.6. The van der Waals surface area contributed by atoms with Crippen molar-refractivity contribution in [2.45, 2.75) is 37.3 Å². The van der Waals surface area contributed by atoms with E-state index in [9.17, 15) is 13.5 Å². The van der Waals surface area contributed by atoms with Crippen LogP contribution in [-0.4, -0.2) is 36.5 Å². The van der Waals surface area contributed by atoms with Crippen LogP contribution >= 0.6 is 0 Å². The molecule has 2 rings (SSSR count). The van der Waals surface area contributed by atoms with Crippen LogP contribution < -0.4 is 5.73 Å². The summed E-state index contributed by atoms with van der Waals surface area (Å²) in [6.45, 7) is 4.22. The summed E-state index contributed by atoms with van der Waals surface area (Å²) >= 11 is 0.